The number of halogens is 4. The topological polar surface area (TPSA) is 35.2 Å². The van der Waals surface area contributed by atoms with Gasteiger partial charge in [0.15, 0.2) is 0 Å². The van der Waals surface area contributed by atoms with Gasteiger partial charge in [-0.2, -0.15) is 0 Å². The maximum Gasteiger partial charge on any atom is 0.145 e. The van der Waals surface area contributed by atoms with Crippen molar-refractivity contribution in [2.45, 2.75) is 0 Å². The molecule has 0 radical (unpaired) electrons. The number of ether oxygens (including phenoxy) is 1. The Balaban J connectivity index is 2.48. The lowest BCUT2D eigenvalue weighted by Gasteiger charge is -2.12. The van der Waals surface area contributed by atoms with Crippen molar-refractivity contribution in [2.24, 2.45) is 5.73 Å². The maximum atomic E-state index is 13.7. The average molecular weight is 379 g/mol. The second-order valence-electron chi connectivity index (χ2n) is 3.78. The first-order chi connectivity index (χ1) is 9.40. The van der Waals surface area contributed by atoms with Crippen molar-refractivity contribution in [1.82, 2.24) is 0 Å². The number of hydrogen-bond donors (Lipinski definition) is 1. The van der Waals surface area contributed by atoms with Gasteiger partial charge in [-0.05, 0) is 34.1 Å². The van der Waals surface area contributed by atoms with E-state index in [0.717, 1.165) is 6.07 Å². The highest BCUT2D eigenvalue weighted by Crippen LogP contribution is 2.35. The van der Waals surface area contributed by atoms with Crippen molar-refractivity contribution in [2.75, 3.05) is 0 Å². The summed E-state index contributed by atoms with van der Waals surface area (Å²) in [6, 6.07) is 6.55. The van der Waals surface area contributed by atoms with Crippen LogP contribution in [-0.2, 0) is 0 Å². The van der Waals surface area contributed by atoms with Crippen LogP contribution in [0.2, 0.25) is 5.02 Å². The fraction of sp³-hybridized carbons (Fsp3) is 0. The van der Waals surface area contributed by atoms with E-state index in [1.165, 1.54) is 24.3 Å². The van der Waals surface area contributed by atoms with Gasteiger partial charge in [-0.1, -0.05) is 29.9 Å². The Hall–Kier alpha value is -1.24. The molecule has 0 aliphatic rings. The molecule has 20 heavy (non-hydrogen) atoms. The van der Waals surface area contributed by atoms with Crippen molar-refractivity contribution in [3.05, 3.63) is 57.0 Å². The van der Waals surface area contributed by atoms with Gasteiger partial charge in [0, 0.05) is 6.07 Å². The fourth-order valence-electron chi connectivity index (χ4n) is 1.53. The predicted octanol–water partition coefficient (Wildman–Crippen LogP) is 4.81. The maximum absolute atomic E-state index is 13.7. The molecule has 0 atom stereocenters. The molecule has 0 spiro atoms. The SMILES string of the molecule is NC(=S)c1c(F)cccc1Oc1cc(F)c(Cl)cc1Br. The van der Waals surface area contributed by atoms with E-state index in [-0.39, 0.29) is 27.1 Å². The minimum absolute atomic E-state index is 0.0373. The molecule has 2 aromatic rings. The molecule has 0 fully saturated rings. The van der Waals surface area contributed by atoms with Gasteiger partial charge in [-0.15, -0.1) is 0 Å². The van der Waals surface area contributed by atoms with Crippen molar-refractivity contribution in [1.29, 1.82) is 0 Å². The van der Waals surface area contributed by atoms with Crippen molar-refractivity contribution < 1.29 is 13.5 Å². The first-order valence-corrected chi connectivity index (χ1v) is 6.88. The normalized spacial score (nSPS) is 10.4. The van der Waals surface area contributed by atoms with Crippen LogP contribution in [0, 0.1) is 11.6 Å². The predicted molar refractivity (Wildman–Crippen MR) is 81.5 cm³/mol. The standard InChI is InChI=1S/C13H7BrClF2NOS/c14-6-4-7(15)9(17)5-11(6)19-10-3-1-2-8(16)12(10)13(18)20/h1-5H,(H2,18,20). The van der Waals surface area contributed by atoms with Gasteiger partial charge < -0.3 is 10.5 Å². The van der Waals surface area contributed by atoms with Crippen LogP contribution in [0.15, 0.2) is 34.8 Å². The number of rotatable bonds is 3. The quantitative estimate of drug-likeness (QED) is 0.615. The molecule has 0 aliphatic carbocycles. The van der Waals surface area contributed by atoms with Gasteiger partial charge in [-0.25, -0.2) is 8.78 Å². The van der Waals surface area contributed by atoms with E-state index >= 15 is 0 Å². The van der Waals surface area contributed by atoms with Crippen LogP contribution in [0.25, 0.3) is 0 Å². The third kappa shape index (κ3) is 3.08. The zero-order valence-electron chi connectivity index (χ0n) is 9.79. The minimum Gasteiger partial charge on any atom is -0.455 e. The smallest absolute Gasteiger partial charge is 0.145 e. The molecule has 0 bridgehead atoms. The number of hydrogen-bond acceptors (Lipinski definition) is 2. The Morgan fingerprint density at radius 2 is 1.90 bits per heavy atom. The first-order valence-electron chi connectivity index (χ1n) is 5.31. The summed E-state index contributed by atoms with van der Waals surface area (Å²) < 4.78 is 33.0. The summed E-state index contributed by atoms with van der Waals surface area (Å²) in [6.07, 6.45) is 0. The first kappa shape index (κ1) is 15.2. The van der Waals surface area contributed by atoms with E-state index in [4.69, 9.17) is 34.3 Å². The van der Waals surface area contributed by atoms with Gasteiger partial charge in [0.2, 0.25) is 0 Å². The van der Waals surface area contributed by atoms with E-state index in [1.807, 2.05) is 0 Å². The molecule has 0 aliphatic heterocycles. The van der Waals surface area contributed by atoms with E-state index in [2.05, 4.69) is 15.9 Å². The van der Waals surface area contributed by atoms with Crippen LogP contribution in [0.4, 0.5) is 8.78 Å². The van der Waals surface area contributed by atoms with Crippen LogP contribution < -0.4 is 10.5 Å². The van der Waals surface area contributed by atoms with Gasteiger partial charge in [-0.3, -0.25) is 0 Å². The van der Waals surface area contributed by atoms with Crippen LogP contribution in [0.5, 0.6) is 11.5 Å². The van der Waals surface area contributed by atoms with Crippen LogP contribution >= 0.6 is 39.7 Å². The molecule has 104 valence electrons. The zero-order chi connectivity index (χ0) is 14.9. The highest BCUT2D eigenvalue weighted by Gasteiger charge is 2.15. The molecule has 0 saturated carbocycles. The summed E-state index contributed by atoms with van der Waals surface area (Å²) in [5.41, 5.74) is 5.43. The Kier molecular flexibility index (Phi) is 4.57. The van der Waals surface area contributed by atoms with Crippen molar-refractivity contribution in [3.63, 3.8) is 0 Å². The van der Waals surface area contributed by atoms with E-state index < -0.39 is 11.6 Å². The lowest BCUT2D eigenvalue weighted by Crippen LogP contribution is -2.13. The van der Waals surface area contributed by atoms with Gasteiger partial charge in [0.1, 0.15) is 28.1 Å². The molecule has 2 nitrogen and oxygen atoms in total. The molecule has 0 unspecified atom stereocenters. The van der Waals surface area contributed by atoms with Gasteiger partial charge >= 0.3 is 0 Å². The molecule has 0 aromatic heterocycles. The van der Waals surface area contributed by atoms with E-state index in [0.29, 0.717) is 4.47 Å². The van der Waals surface area contributed by atoms with Crippen molar-refractivity contribution >= 4 is 44.7 Å². The molecular formula is C13H7BrClF2NOS. The van der Waals surface area contributed by atoms with Crippen LogP contribution in [-0.4, -0.2) is 4.99 Å². The molecular weight excluding hydrogens is 372 g/mol. The summed E-state index contributed by atoms with van der Waals surface area (Å²) in [6.45, 7) is 0. The largest absolute Gasteiger partial charge is 0.455 e. The highest BCUT2D eigenvalue weighted by atomic mass is 79.9. The number of benzene rings is 2. The van der Waals surface area contributed by atoms with Gasteiger partial charge in [0.05, 0.1) is 15.1 Å². The number of nitrogens with two attached hydrogens (primary N) is 1. The van der Waals surface area contributed by atoms with Gasteiger partial charge in [0.25, 0.3) is 0 Å². The third-order valence-electron chi connectivity index (χ3n) is 2.42. The molecule has 2 rings (SSSR count). The van der Waals surface area contributed by atoms with E-state index in [1.54, 1.807) is 0 Å². The Morgan fingerprint density at radius 1 is 1.20 bits per heavy atom. The lowest BCUT2D eigenvalue weighted by molar-refractivity contribution is 0.467. The summed E-state index contributed by atoms with van der Waals surface area (Å²) >= 11 is 13.6. The second-order valence-corrected chi connectivity index (χ2v) is 5.48. The summed E-state index contributed by atoms with van der Waals surface area (Å²) in [7, 11) is 0. The summed E-state index contributed by atoms with van der Waals surface area (Å²) in [5, 5.41) is -0.0574. The molecule has 0 amide bonds. The fourth-order valence-corrected chi connectivity index (χ4v) is 2.45. The van der Waals surface area contributed by atoms with Crippen molar-refractivity contribution in [3.8, 4) is 11.5 Å². The molecule has 2 aromatic carbocycles. The van der Waals surface area contributed by atoms with E-state index in [9.17, 15) is 8.78 Å². The Labute approximate surface area is 132 Å². The summed E-state index contributed by atoms with van der Waals surface area (Å²) in [5.74, 6) is -1.03. The average Bonchev–Trinajstić information content (AvgIpc) is 2.35. The molecule has 7 heteroatoms. The van der Waals surface area contributed by atoms with Crippen LogP contribution in [0.1, 0.15) is 5.56 Å². The summed E-state index contributed by atoms with van der Waals surface area (Å²) in [4.78, 5) is -0.149. The molecule has 0 saturated heterocycles. The zero-order valence-corrected chi connectivity index (χ0v) is 13.0. The molecule has 0 heterocycles. The monoisotopic (exact) mass is 377 g/mol. The number of thiocarbonyl (C=S) groups is 1. The Morgan fingerprint density at radius 3 is 2.55 bits per heavy atom. The second kappa shape index (κ2) is 6.03. The Bertz CT molecular complexity index is 696. The third-order valence-corrected chi connectivity index (χ3v) is 3.53. The molecule has 2 N–H and O–H groups in total. The minimum atomic E-state index is -0.654. The van der Waals surface area contributed by atoms with Crippen LogP contribution in [0.3, 0.4) is 0 Å². The highest BCUT2D eigenvalue weighted by molar-refractivity contribution is 9.10. The lowest BCUT2D eigenvalue weighted by atomic mass is 10.2.